The average molecular weight is 451 g/mol. The minimum absolute atomic E-state index is 0.333. The number of carbonyl (C=O) groups is 2. The van der Waals surface area contributed by atoms with Crippen LogP contribution >= 0.6 is 11.3 Å². The Morgan fingerprint density at radius 2 is 1.75 bits per heavy atom. The van der Waals surface area contributed by atoms with E-state index in [-0.39, 0.29) is 5.91 Å². The van der Waals surface area contributed by atoms with E-state index in [0.29, 0.717) is 29.3 Å². The molecule has 5 nitrogen and oxygen atoms in total. The molecule has 168 valence electrons. The summed E-state index contributed by atoms with van der Waals surface area (Å²) >= 11 is 1.36. The summed E-state index contributed by atoms with van der Waals surface area (Å²) in [7, 11) is 0. The molecule has 3 rings (SSSR count). The molecule has 0 saturated heterocycles. The molecule has 1 amide bonds. The third-order valence-corrected chi connectivity index (χ3v) is 7.75. The van der Waals surface area contributed by atoms with Crippen molar-refractivity contribution in [1.82, 2.24) is 0 Å². The standard InChI is InChI=1S/C26H30N2O3S/c1-6-14(2)18-7-9-19(10-8-18)23-17(5)32-25(22(23)13-27)28-24(29)20-11-15(3)16(4)12-21(20)26(30)31/h7-10,14,20-21H,6,11-12H2,1-5H3,(H,28,29)(H,30,31). The molecule has 2 N–H and O–H groups in total. The molecule has 2 aromatic rings. The van der Waals surface area contributed by atoms with Crippen molar-refractivity contribution in [3.63, 3.8) is 0 Å². The highest BCUT2D eigenvalue weighted by Gasteiger charge is 2.37. The lowest BCUT2D eigenvalue weighted by Crippen LogP contribution is -2.36. The Morgan fingerprint density at radius 1 is 1.16 bits per heavy atom. The second-order valence-corrected chi connectivity index (χ2v) is 10.0. The summed E-state index contributed by atoms with van der Waals surface area (Å²) in [5.74, 6) is -2.22. The summed E-state index contributed by atoms with van der Waals surface area (Å²) in [5, 5.41) is 22.9. The van der Waals surface area contributed by atoms with Crippen LogP contribution in [-0.2, 0) is 9.59 Å². The van der Waals surface area contributed by atoms with Gasteiger partial charge in [-0.25, -0.2) is 0 Å². The van der Waals surface area contributed by atoms with E-state index >= 15 is 0 Å². The van der Waals surface area contributed by atoms with E-state index in [2.05, 4.69) is 37.4 Å². The molecule has 3 atom stereocenters. The predicted molar refractivity (Wildman–Crippen MR) is 129 cm³/mol. The van der Waals surface area contributed by atoms with Crippen molar-refractivity contribution in [2.24, 2.45) is 11.8 Å². The highest BCUT2D eigenvalue weighted by Crippen LogP contribution is 2.41. The largest absolute Gasteiger partial charge is 0.481 e. The molecule has 0 spiro atoms. The zero-order valence-electron chi connectivity index (χ0n) is 19.3. The summed E-state index contributed by atoms with van der Waals surface area (Å²) in [6, 6.07) is 10.5. The number of carbonyl (C=O) groups excluding carboxylic acids is 1. The zero-order valence-corrected chi connectivity index (χ0v) is 20.1. The Morgan fingerprint density at radius 3 is 2.28 bits per heavy atom. The summed E-state index contributed by atoms with van der Waals surface area (Å²) in [4.78, 5) is 25.8. The fourth-order valence-corrected chi connectivity index (χ4v) is 5.36. The lowest BCUT2D eigenvalue weighted by molar-refractivity contribution is -0.146. The van der Waals surface area contributed by atoms with Gasteiger partial charge >= 0.3 is 5.97 Å². The molecule has 6 heteroatoms. The third-order valence-electron chi connectivity index (χ3n) is 6.73. The maximum atomic E-state index is 13.1. The van der Waals surface area contributed by atoms with Crippen LogP contribution in [0.2, 0.25) is 0 Å². The Kier molecular flexibility index (Phi) is 7.20. The highest BCUT2D eigenvalue weighted by atomic mass is 32.1. The number of anilines is 1. The van der Waals surface area contributed by atoms with Crippen molar-refractivity contribution in [2.45, 2.75) is 59.8 Å². The van der Waals surface area contributed by atoms with Crippen LogP contribution in [-0.4, -0.2) is 17.0 Å². The number of nitrogens with zero attached hydrogens (tertiary/aromatic N) is 1. The molecule has 0 radical (unpaired) electrons. The number of amides is 1. The zero-order chi connectivity index (χ0) is 23.6. The molecule has 1 aliphatic carbocycles. The Balaban J connectivity index is 1.91. The first-order valence-electron chi connectivity index (χ1n) is 11.0. The van der Waals surface area contributed by atoms with Gasteiger partial charge in [0.05, 0.1) is 17.4 Å². The first-order chi connectivity index (χ1) is 15.2. The van der Waals surface area contributed by atoms with Gasteiger partial charge in [-0.15, -0.1) is 11.3 Å². The van der Waals surface area contributed by atoms with Gasteiger partial charge in [0.2, 0.25) is 5.91 Å². The number of nitrogens with one attached hydrogen (secondary N) is 1. The van der Waals surface area contributed by atoms with Crippen LogP contribution in [0.1, 0.15) is 68.9 Å². The van der Waals surface area contributed by atoms with Crippen molar-refractivity contribution in [3.05, 3.63) is 51.4 Å². The summed E-state index contributed by atoms with van der Waals surface area (Å²) < 4.78 is 0. The number of nitriles is 1. The van der Waals surface area contributed by atoms with Crippen molar-refractivity contribution < 1.29 is 14.7 Å². The molecule has 0 saturated carbocycles. The topological polar surface area (TPSA) is 90.2 Å². The van der Waals surface area contributed by atoms with Crippen molar-refractivity contribution in [1.29, 1.82) is 5.26 Å². The maximum absolute atomic E-state index is 13.1. The van der Waals surface area contributed by atoms with Crippen LogP contribution in [0.4, 0.5) is 5.00 Å². The van der Waals surface area contributed by atoms with Crippen LogP contribution < -0.4 is 5.32 Å². The number of aryl methyl sites for hydroxylation is 1. The summed E-state index contributed by atoms with van der Waals surface area (Å²) in [6.07, 6.45) is 1.86. The number of carboxylic acids is 1. The quantitative estimate of drug-likeness (QED) is 0.492. The first-order valence-corrected chi connectivity index (χ1v) is 11.8. The highest BCUT2D eigenvalue weighted by molar-refractivity contribution is 7.17. The molecular weight excluding hydrogens is 420 g/mol. The molecular formula is C26H30N2O3S. The van der Waals surface area contributed by atoms with E-state index in [9.17, 15) is 20.0 Å². The van der Waals surface area contributed by atoms with Gasteiger partial charge in [-0.3, -0.25) is 9.59 Å². The Hall–Kier alpha value is -2.91. The molecule has 1 aliphatic rings. The van der Waals surface area contributed by atoms with E-state index in [1.165, 1.54) is 16.9 Å². The summed E-state index contributed by atoms with van der Waals surface area (Å²) in [6.45, 7) is 10.2. The number of hydrogen-bond donors (Lipinski definition) is 2. The van der Waals surface area contributed by atoms with E-state index < -0.39 is 17.8 Å². The minimum Gasteiger partial charge on any atom is -0.481 e. The third kappa shape index (κ3) is 4.63. The Bertz CT molecular complexity index is 1110. The van der Waals surface area contributed by atoms with Gasteiger partial charge in [0.1, 0.15) is 11.1 Å². The molecule has 32 heavy (non-hydrogen) atoms. The SMILES string of the molecule is CCC(C)c1ccc(-c2c(C)sc(NC(=O)C3CC(C)=C(C)CC3C(=O)O)c2C#N)cc1. The Labute approximate surface area is 193 Å². The molecule has 1 aromatic heterocycles. The number of benzene rings is 1. The van der Waals surface area contributed by atoms with E-state index in [0.717, 1.165) is 33.6 Å². The van der Waals surface area contributed by atoms with Crippen molar-refractivity contribution in [2.75, 3.05) is 5.32 Å². The number of rotatable bonds is 6. The van der Waals surface area contributed by atoms with Gasteiger partial charge < -0.3 is 10.4 Å². The second-order valence-electron chi connectivity index (χ2n) is 8.79. The first kappa shape index (κ1) is 23.7. The van der Waals surface area contributed by atoms with Gasteiger partial charge in [0.25, 0.3) is 0 Å². The molecule has 0 aliphatic heterocycles. The normalized spacial score (nSPS) is 19.4. The van der Waals surface area contributed by atoms with Crippen LogP contribution in [0.15, 0.2) is 35.4 Å². The lowest BCUT2D eigenvalue weighted by Gasteiger charge is -2.29. The second kappa shape index (κ2) is 9.70. The molecule has 1 aromatic carbocycles. The van der Waals surface area contributed by atoms with Crippen LogP contribution in [0.5, 0.6) is 0 Å². The lowest BCUT2D eigenvalue weighted by atomic mass is 9.76. The smallest absolute Gasteiger partial charge is 0.307 e. The fourth-order valence-electron chi connectivity index (χ4n) is 4.33. The number of thiophene rings is 1. The molecule has 3 unspecified atom stereocenters. The number of allylic oxidation sites excluding steroid dienone is 2. The molecule has 0 fully saturated rings. The van der Waals surface area contributed by atoms with Crippen LogP contribution in [0.25, 0.3) is 11.1 Å². The molecule has 1 heterocycles. The van der Waals surface area contributed by atoms with Gasteiger partial charge in [-0.05, 0) is 57.1 Å². The fraction of sp³-hybridized carbons (Fsp3) is 0.423. The van der Waals surface area contributed by atoms with E-state index in [4.69, 9.17) is 0 Å². The monoisotopic (exact) mass is 450 g/mol. The van der Waals surface area contributed by atoms with E-state index in [1.807, 2.05) is 32.9 Å². The predicted octanol–water partition coefficient (Wildman–Crippen LogP) is 6.49. The van der Waals surface area contributed by atoms with E-state index in [1.54, 1.807) is 0 Å². The maximum Gasteiger partial charge on any atom is 0.307 e. The average Bonchev–Trinajstić information content (AvgIpc) is 3.09. The van der Waals surface area contributed by atoms with Gasteiger partial charge in [0.15, 0.2) is 0 Å². The number of hydrogen-bond acceptors (Lipinski definition) is 4. The van der Waals surface area contributed by atoms with Gasteiger partial charge in [-0.2, -0.15) is 5.26 Å². The van der Waals surface area contributed by atoms with Gasteiger partial charge in [0, 0.05) is 10.4 Å². The summed E-state index contributed by atoms with van der Waals surface area (Å²) in [5.41, 5.74) is 5.56. The number of carboxylic acid groups (broad SMARTS) is 1. The van der Waals surface area contributed by atoms with Crippen molar-refractivity contribution in [3.8, 4) is 17.2 Å². The van der Waals surface area contributed by atoms with Crippen molar-refractivity contribution >= 4 is 28.2 Å². The van der Waals surface area contributed by atoms with Crippen LogP contribution in [0, 0.1) is 30.1 Å². The van der Waals surface area contributed by atoms with Gasteiger partial charge in [-0.1, -0.05) is 49.3 Å². The molecule has 0 bridgehead atoms. The van der Waals surface area contributed by atoms with Crippen LogP contribution in [0.3, 0.4) is 0 Å². The number of aliphatic carboxylic acids is 1. The minimum atomic E-state index is -0.957.